The zero-order chi connectivity index (χ0) is 20.5. The molecule has 1 aromatic carbocycles. The fourth-order valence-corrected chi connectivity index (χ4v) is 3.64. The first-order valence-corrected chi connectivity index (χ1v) is 10.3. The van der Waals surface area contributed by atoms with E-state index in [2.05, 4.69) is 44.9 Å². The van der Waals surface area contributed by atoms with E-state index in [1.165, 1.54) is 4.90 Å². The Balaban J connectivity index is 1.84. The van der Waals surface area contributed by atoms with Crippen LogP contribution < -0.4 is 10.6 Å². The summed E-state index contributed by atoms with van der Waals surface area (Å²) in [5.74, 6) is 0.927. The molecule has 1 heterocycles. The van der Waals surface area contributed by atoms with Crippen molar-refractivity contribution in [2.24, 2.45) is 7.05 Å². The van der Waals surface area contributed by atoms with Gasteiger partial charge in [-0.15, -0.1) is 11.8 Å². The Hall–Kier alpha value is -2.03. The van der Waals surface area contributed by atoms with Gasteiger partial charge in [0.25, 0.3) is 0 Å². The van der Waals surface area contributed by atoms with Gasteiger partial charge in [-0.25, -0.2) is 4.79 Å². The number of carbonyl (C=O) groups excluding carboxylic acids is 1. The maximum atomic E-state index is 12.4. The molecule has 8 heteroatoms. The minimum absolute atomic E-state index is 0.0677. The molecule has 2 aromatic rings. The van der Waals surface area contributed by atoms with Crippen LogP contribution in [0.15, 0.2) is 41.6 Å². The average molecular weight is 406 g/mol. The number of ether oxygens (including phenoxy) is 1. The SMILES string of the molecule is COCCSc1ccc(C(C)NC(=O)NCC(c2cnn(C)c2)N(C)C)cc1. The van der Waals surface area contributed by atoms with Gasteiger partial charge in [0.1, 0.15) is 0 Å². The molecule has 0 spiro atoms. The third-order valence-corrected chi connectivity index (χ3v) is 5.45. The van der Waals surface area contributed by atoms with Crippen LogP contribution in [0.1, 0.15) is 30.1 Å². The molecule has 2 amide bonds. The fourth-order valence-electron chi connectivity index (χ4n) is 2.83. The van der Waals surface area contributed by atoms with Crippen molar-refractivity contribution in [2.45, 2.75) is 23.9 Å². The Morgan fingerprint density at radius 3 is 2.57 bits per heavy atom. The maximum Gasteiger partial charge on any atom is 0.315 e. The molecular formula is C20H31N5O2S. The van der Waals surface area contributed by atoms with Gasteiger partial charge < -0.3 is 20.3 Å². The Morgan fingerprint density at radius 2 is 2.00 bits per heavy atom. The first-order valence-electron chi connectivity index (χ1n) is 9.31. The molecule has 0 radical (unpaired) electrons. The van der Waals surface area contributed by atoms with E-state index in [1.54, 1.807) is 23.6 Å². The van der Waals surface area contributed by atoms with Crippen LogP contribution in [0.25, 0.3) is 0 Å². The van der Waals surface area contributed by atoms with Crippen LogP contribution in [-0.4, -0.2) is 60.8 Å². The summed E-state index contributed by atoms with van der Waals surface area (Å²) in [6.07, 6.45) is 3.80. The molecule has 0 fully saturated rings. The molecule has 7 nitrogen and oxygen atoms in total. The number of thioether (sulfide) groups is 1. The molecule has 28 heavy (non-hydrogen) atoms. The number of aryl methyl sites for hydroxylation is 1. The number of nitrogens with one attached hydrogen (secondary N) is 2. The molecule has 0 aliphatic rings. The van der Waals surface area contributed by atoms with E-state index < -0.39 is 0 Å². The monoisotopic (exact) mass is 405 g/mol. The molecule has 2 rings (SSSR count). The van der Waals surface area contributed by atoms with E-state index in [-0.39, 0.29) is 18.1 Å². The van der Waals surface area contributed by atoms with Crippen molar-refractivity contribution in [2.75, 3.05) is 40.1 Å². The molecule has 0 aliphatic carbocycles. The number of hydrogen-bond acceptors (Lipinski definition) is 5. The Bertz CT molecular complexity index is 732. The van der Waals surface area contributed by atoms with Gasteiger partial charge in [-0.3, -0.25) is 4.68 Å². The number of hydrogen-bond donors (Lipinski definition) is 2. The Labute approximate surface area is 171 Å². The summed E-state index contributed by atoms with van der Waals surface area (Å²) in [6.45, 7) is 3.22. The zero-order valence-corrected chi connectivity index (χ0v) is 18.1. The van der Waals surface area contributed by atoms with E-state index in [4.69, 9.17) is 4.74 Å². The van der Waals surface area contributed by atoms with Gasteiger partial charge >= 0.3 is 6.03 Å². The van der Waals surface area contributed by atoms with Crippen molar-refractivity contribution in [3.63, 3.8) is 0 Å². The molecular weight excluding hydrogens is 374 g/mol. The normalized spacial score (nSPS) is 13.4. The lowest BCUT2D eigenvalue weighted by Crippen LogP contribution is -2.41. The third-order valence-electron chi connectivity index (χ3n) is 4.47. The standard InChI is InChI=1S/C20H31N5O2S/c1-15(16-6-8-18(9-7-16)28-11-10-27-5)23-20(26)21-13-19(24(2)3)17-12-22-25(4)14-17/h6-9,12,14-15,19H,10-11,13H2,1-5H3,(H2,21,23,26). The van der Waals surface area contributed by atoms with Crippen LogP contribution in [0.3, 0.4) is 0 Å². The van der Waals surface area contributed by atoms with E-state index >= 15 is 0 Å². The lowest BCUT2D eigenvalue weighted by Gasteiger charge is -2.24. The molecule has 0 bridgehead atoms. The van der Waals surface area contributed by atoms with Crippen LogP contribution in [0.5, 0.6) is 0 Å². The predicted octanol–water partition coefficient (Wildman–Crippen LogP) is 2.82. The first kappa shape index (κ1) is 22.3. The number of carbonyl (C=O) groups is 1. The van der Waals surface area contributed by atoms with Crippen LogP contribution in [0, 0.1) is 0 Å². The van der Waals surface area contributed by atoms with Crippen molar-refractivity contribution < 1.29 is 9.53 Å². The van der Waals surface area contributed by atoms with Gasteiger partial charge in [0.05, 0.1) is 24.9 Å². The van der Waals surface area contributed by atoms with Crippen LogP contribution >= 0.6 is 11.8 Å². The summed E-state index contributed by atoms with van der Waals surface area (Å²) in [4.78, 5) is 15.6. The number of methoxy groups -OCH3 is 1. The smallest absolute Gasteiger partial charge is 0.315 e. The molecule has 2 N–H and O–H groups in total. The van der Waals surface area contributed by atoms with Gasteiger partial charge in [-0.2, -0.15) is 5.10 Å². The number of rotatable bonds is 10. The highest BCUT2D eigenvalue weighted by Crippen LogP contribution is 2.21. The maximum absolute atomic E-state index is 12.4. The highest BCUT2D eigenvalue weighted by Gasteiger charge is 2.17. The number of nitrogens with zero attached hydrogens (tertiary/aromatic N) is 3. The molecule has 154 valence electrons. The van der Waals surface area contributed by atoms with Gasteiger partial charge in [0.2, 0.25) is 0 Å². The summed E-state index contributed by atoms with van der Waals surface area (Å²) in [7, 11) is 7.58. The second-order valence-corrected chi connectivity index (χ2v) is 8.08. The first-order chi connectivity index (χ1) is 13.4. The highest BCUT2D eigenvalue weighted by molar-refractivity contribution is 7.99. The molecule has 2 unspecified atom stereocenters. The summed E-state index contributed by atoms with van der Waals surface area (Å²) < 4.78 is 6.84. The van der Waals surface area contributed by atoms with Gasteiger partial charge in [0.15, 0.2) is 0 Å². The number of aromatic nitrogens is 2. The van der Waals surface area contributed by atoms with Crippen molar-refractivity contribution >= 4 is 17.8 Å². The van der Waals surface area contributed by atoms with Gasteiger partial charge in [-0.05, 0) is 38.7 Å². The molecule has 1 aromatic heterocycles. The van der Waals surface area contributed by atoms with E-state index in [1.807, 2.05) is 40.5 Å². The summed E-state index contributed by atoms with van der Waals surface area (Å²) in [5, 5.41) is 10.2. The third kappa shape index (κ3) is 6.85. The van der Waals surface area contributed by atoms with Crippen molar-refractivity contribution in [1.29, 1.82) is 0 Å². The number of benzene rings is 1. The number of urea groups is 1. The molecule has 2 atom stereocenters. The second kappa shape index (κ2) is 11.1. The van der Waals surface area contributed by atoms with E-state index in [0.29, 0.717) is 6.54 Å². The highest BCUT2D eigenvalue weighted by atomic mass is 32.2. The fraction of sp³-hybridized carbons (Fsp3) is 0.500. The lowest BCUT2D eigenvalue weighted by molar-refractivity contribution is 0.218. The molecule has 0 aliphatic heterocycles. The average Bonchev–Trinajstić information content (AvgIpc) is 3.08. The minimum Gasteiger partial charge on any atom is -0.384 e. The predicted molar refractivity (Wildman–Crippen MR) is 114 cm³/mol. The minimum atomic E-state index is -0.179. The zero-order valence-electron chi connectivity index (χ0n) is 17.3. The Morgan fingerprint density at radius 1 is 1.29 bits per heavy atom. The Kier molecular flexibility index (Phi) is 8.82. The van der Waals surface area contributed by atoms with Gasteiger partial charge in [0, 0.05) is 43.1 Å². The van der Waals surface area contributed by atoms with Crippen LogP contribution in [0.2, 0.25) is 0 Å². The van der Waals surface area contributed by atoms with Crippen LogP contribution in [0.4, 0.5) is 4.79 Å². The van der Waals surface area contributed by atoms with Crippen LogP contribution in [-0.2, 0) is 11.8 Å². The number of likely N-dealkylation sites (N-methyl/N-ethyl adjacent to an activating group) is 1. The van der Waals surface area contributed by atoms with Crippen molar-refractivity contribution in [1.82, 2.24) is 25.3 Å². The summed E-state index contributed by atoms with van der Waals surface area (Å²) >= 11 is 1.76. The lowest BCUT2D eigenvalue weighted by atomic mass is 10.1. The quantitative estimate of drug-likeness (QED) is 0.470. The molecule has 0 saturated carbocycles. The van der Waals surface area contributed by atoms with E-state index in [0.717, 1.165) is 23.5 Å². The van der Waals surface area contributed by atoms with Crippen molar-refractivity contribution in [3.05, 3.63) is 47.8 Å². The van der Waals surface area contributed by atoms with Gasteiger partial charge in [-0.1, -0.05) is 12.1 Å². The topological polar surface area (TPSA) is 71.4 Å². The largest absolute Gasteiger partial charge is 0.384 e. The summed E-state index contributed by atoms with van der Waals surface area (Å²) in [6, 6.07) is 8.08. The molecule has 0 saturated heterocycles. The van der Waals surface area contributed by atoms with Crippen molar-refractivity contribution in [3.8, 4) is 0 Å². The second-order valence-electron chi connectivity index (χ2n) is 6.91. The van der Waals surface area contributed by atoms with E-state index in [9.17, 15) is 4.79 Å². The number of amides is 2. The summed E-state index contributed by atoms with van der Waals surface area (Å²) in [5.41, 5.74) is 2.14.